The zero-order chi connectivity index (χ0) is 15.4. The smallest absolute Gasteiger partial charge is 0.192 e. The predicted octanol–water partition coefficient (Wildman–Crippen LogP) is 5.62. The molecule has 0 aliphatic carbocycles. The average molecular weight is 392 g/mol. The summed E-state index contributed by atoms with van der Waals surface area (Å²) in [6, 6.07) is 0. The third kappa shape index (κ3) is 6.01. The van der Waals surface area contributed by atoms with Crippen molar-refractivity contribution in [2.24, 2.45) is 11.8 Å². The summed E-state index contributed by atoms with van der Waals surface area (Å²) in [5, 5.41) is 0.211. The van der Waals surface area contributed by atoms with Gasteiger partial charge < -0.3 is 4.43 Å². The number of hydrogen-bond donors (Lipinski definition) is 0. The summed E-state index contributed by atoms with van der Waals surface area (Å²) >= 11 is 2.35. The lowest BCUT2D eigenvalue weighted by molar-refractivity contribution is 0.115. The van der Waals surface area contributed by atoms with Crippen LogP contribution < -0.4 is 0 Å². The summed E-state index contributed by atoms with van der Waals surface area (Å²) in [4.78, 5) is 0. The Balaban J connectivity index is 5.21. The van der Waals surface area contributed by atoms with E-state index in [4.69, 9.17) is 10.8 Å². The van der Waals surface area contributed by atoms with Crippen LogP contribution in [0.5, 0.6) is 0 Å². The summed E-state index contributed by atoms with van der Waals surface area (Å²) in [5.41, 5.74) is 0. The minimum absolute atomic E-state index is 0.107. The monoisotopic (exact) mass is 392 g/mol. The van der Waals surface area contributed by atoms with Gasteiger partial charge in [0.2, 0.25) is 0 Å². The standard InChI is InChI=1S/C16H29IOSi/c1-10-12(2)15(13(3)11-14(4)17)18-19(8,9)16(5,6)7/h1,11-13,15H,2-9H3/b14-11-/t12-,13-,15-/m0/s1. The van der Waals surface area contributed by atoms with Crippen LogP contribution in [0.1, 0.15) is 41.5 Å². The molecule has 0 amide bonds. The normalized spacial score (nSPS) is 18.6. The van der Waals surface area contributed by atoms with Gasteiger partial charge in [0.1, 0.15) is 0 Å². The molecule has 110 valence electrons. The van der Waals surface area contributed by atoms with Crippen LogP contribution in [0.25, 0.3) is 0 Å². The third-order valence-corrected chi connectivity index (χ3v) is 8.84. The molecule has 0 N–H and O–H groups in total. The number of hydrogen-bond acceptors (Lipinski definition) is 1. The molecule has 3 heteroatoms. The van der Waals surface area contributed by atoms with Gasteiger partial charge in [-0.1, -0.05) is 33.8 Å². The second kappa shape index (κ2) is 7.28. The Kier molecular flexibility index (Phi) is 7.36. The van der Waals surface area contributed by atoms with Crippen molar-refractivity contribution in [2.45, 2.75) is 65.8 Å². The van der Waals surface area contributed by atoms with Gasteiger partial charge in [0.05, 0.1) is 6.10 Å². The first kappa shape index (κ1) is 19.2. The molecule has 0 rings (SSSR count). The van der Waals surface area contributed by atoms with Crippen LogP contribution in [0.2, 0.25) is 18.1 Å². The molecule has 0 spiro atoms. The molecule has 0 aliphatic heterocycles. The Morgan fingerprint density at radius 1 is 1.32 bits per heavy atom. The van der Waals surface area contributed by atoms with E-state index in [1.807, 2.05) is 0 Å². The van der Waals surface area contributed by atoms with Crippen molar-refractivity contribution in [1.29, 1.82) is 0 Å². The fourth-order valence-corrected chi connectivity index (χ4v) is 3.75. The molecule has 0 aromatic rings. The van der Waals surface area contributed by atoms with E-state index in [-0.39, 0.29) is 17.1 Å². The molecule has 3 atom stereocenters. The predicted molar refractivity (Wildman–Crippen MR) is 97.0 cm³/mol. The van der Waals surface area contributed by atoms with Crippen molar-refractivity contribution >= 4 is 30.9 Å². The average Bonchev–Trinajstić information content (AvgIpc) is 2.22. The molecule has 0 aromatic carbocycles. The number of halogens is 1. The Labute approximate surface area is 134 Å². The van der Waals surface area contributed by atoms with Crippen molar-refractivity contribution in [3.8, 4) is 12.3 Å². The molecule has 0 saturated carbocycles. The highest BCUT2D eigenvalue weighted by Crippen LogP contribution is 2.39. The summed E-state index contributed by atoms with van der Waals surface area (Å²) < 4.78 is 7.86. The fraction of sp³-hybridized carbons (Fsp3) is 0.750. The van der Waals surface area contributed by atoms with Gasteiger partial charge in [0.25, 0.3) is 0 Å². The van der Waals surface area contributed by atoms with Gasteiger partial charge in [0, 0.05) is 11.8 Å². The van der Waals surface area contributed by atoms with E-state index in [1.165, 1.54) is 3.58 Å². The summed E-state index contributed by atoms with van der Waals surface area (Å²) in [7, 11) is -1.79. The lowest BCUT2D eigenvalue weighted by Gasteiger charge is -2.41. The largest absolute Gasteiger partial charge is 0.412 e. The number of rotatable bonds is 5. The van der Waals surface area contributed by atoms with Crippen LogP contribution in [0.15, 0.2) is 9.66 Å². The summed E-state index contributed by atoms with van der Waals surface area (Å²) in [6.07, 6.45) is 8.00. The van der Waals surface area contributed by atoms with Gasteiger partial charge in [-0.2, -0.15) is 0 Å². The lowest BCUT2D eigenvalue weighted by Crippen LogP contribution is -2.47. The second-order valence-electron chi connectivity index (χ2n) is 6.91. The van der Waals surface area contributed by atoms with E-state index in [0.29, 0.717) is 5.92 Å². The molecule has 0 aliphatic rings. The Hall–Kier alpha value is 0.207. The highest BCUT2D eigenvalue weighted by molar-refractivity contribution is 14.1. The van der Waals surface area contributed by atoms with Crippen LogP contribution in [-0.2, 0) is 4.43 Å². The van der Waals surface area contributed by atoms with Gasteiger partial charge in [-0.15, -0.1) is 12.3 Å². The van der Waals surface area contributed by atoms with Crippen LogP contribution in [0.3, 0.4) is 0 Å². The molecule has 0 aromatic heterocycles. The van der Waals surface area contributed by atoms with Crippen LogP contribution in [0, 0.1) is 24.2 Å². The van der Waals surface area contributed by atoms with Crippen LogP contribution in [0.4, 0.5) is 0 Å². The van der Waals surface area contributed by atoms with E-state index < -0.39 is 8.32 Å². The van der Waals surface area contributed by atoms with Gasteiger partial charge in [-0.3, -0.25) is 0 Å². The minimum Gasteiger partial charge on any atom is -0.412 e. The SMILES string of the molecule is C#C[C@H](C)[C@H](O[Si](C)(C)C(C)(C)C)[C@@H](C)/C=C(/C)I. The maximum Gasteiger partial charge on any atom is 0.192 e. The van der Waals surface area contributed by atoms with Crippen molar-refractivity contribution in [1.82, 2.24) is 0 Å². The van der Waals surface area contributed by atoms with Crippen molar-refractivity contribution in [3.63, 3.8) is 0 Å². The molecule has 0 radical (unpaired) electrons. The van der Waals surface area contributed by atoms with E-state index in [2.05, 4.69) is 89.2 Å². The van der Waals surface area contributed by atoms with Crippen LogP contribution >= 0.6 is 22.6 Å². The minimum atomic E-state index is -1.79. The van der Waals surface area contributed by atoms with Gasteiger partial charge in [-0.05, 0) is 58.2 Å². The molecule has 0 bridgehead atoms. The Morgan fingerprint density at radius 2 is 1.79 bits per heavy atom. The molecular formula is C16H29IOSi. The maximum atomic E-state index is 6.57. The Bertz CT molecular complexity index is 356. The first-order chi connectivity index (χ1) is 8.42. The first-order valence-corrected chi connectivity index (χ1v) is 10.9. The molecule has 19 heavy (non-hydrogen) atoms. The molecule has 0 fully saturated rings. The van der Waals surface area contributed by atoms with Crippen molar-refractivity contribution in [2.75, 3.05) is 0 Å². The summed E-state index contributed by atoms with van der Waals surface area (Å²) in [6.45, 7) is 17.8. The van der Waals surface area contributed by atoms with Crippen molar-refractivity contribution < 1.29 is 4.43 Å². The first-order valence-electron chi connectivity index (χ1n) is 6.90. The molecule has 0 unspecified atom stereocenters. The van der Waals surface area contributed by atoms with Gasteiger partial charge >= 0.3 is 0 Å². The molecule has 0 heterocycles. The fourth-order valence-electron chi connectivity index (χ4n) is 1.73. The summed E-state index contributed by atoms with van der Waals surface area (Å²) in [5.74, 6) is 3.34. The molecule has 0 saturated heterocycles. The topological polar surface area (TPSA) is 9.23 Å². The van der Waals surface area contributed by atoms with E-state index >= 15 is 0 Å². The highest BCUT2D eigenvalue weighted by atomic mass is 127. The van der Waals surface area contributed by atoms with Crippen molar-refractivity contribution in [3.05, 3.63) is 9.66 Å². The number of allylic oxidation sites excluding steroid dienone is 1. The van der Waals surface area contributed by atoms with Gasteiger partial charge in [0.15, 0.2) is 8.32 Å². The van der Waals surface area contributed by atoms with E-state index in [0.717, 1.165) is 0 Å². The zero-order valence-electron chi connectivity index (χ0n) is 13.7. The maximum absolute atomic E-state index is 6.57. The Morgan fingerprint density at radius 3 is 2.11 bits per heavy atom. The van der Waals surface area contributed by atoms with E-state index in [9.17, 15) is 0 Å². The third-order valence-electron chi connectivity index (χ3n) is 4.00. The quantitative estimate of drug-likeness (QED) is 0.335. The van der Waals surface area contributed by atoms with Gasteiger partial charge in [-0.25, -0.2) is 0 Å². The second-order valence-corrected chi connectivity index (χ2v) is 13.4. The molecule has 1 nitrogen and oxygen atoms in total. The molecular weight excluding hydrogens is 363 g/mol. The highest BCUT2D eigenvalue weighted by Gasteiger charge is 2.40. The zero-order valence-corrected chi connectivity index (χ0v) is 16.8. The lowest BCUT2D eigenvalue weighted by atomic mass is 9.94. The number of terminal acetylenes is 1. The van der Waals surface area contributed by atoms with Crippen LogP contribution in [-0.4, -0.2) is 14.4 Å². The van der Waals surface area contributed by atoms with E-state index in [1.54, 1.807) is 0 Å².